The van der Waals surface area contributed by atoms with Crippen LogP contribution < -0.4 is 15.2 Å². The molecule has 1 aromatic rings. The maximum absolute atomic E-state index is 11.2. The lowest BCUT2D eigenvalue weighted by Crippen LogP contribution is -2.28. The zero-order valence-corrected chi connectivity index (χ0v) is 11.4. The highest BCUT2D eigenvalue weighted by atomic mass is 32.2. The molecule has 0 saturated heterocycles. The Labute approximate surface area is 112 Å². The van der Waals surface area contributed by atoms with Gasteiger partial charge in [-0.15, -0.1) is 0 Å². The fourth-order valence-corrected chi connectivity index (χ4v) is 1.73. The van der Waals surface area contributed by atoms with Crippen molar-refractivity contribution in [1.82, 2.24) is 5.32 Å². The topological polar surface area (TPSA) is 98.5 Å². The van der Waals surface area contributed by atoms with Crippen molar-refractivity contribution < 1.29 is 17.9 Å². The predicted molar refractivity (Wildman–Crippen MR) is 71.1 cm³/mol. The molecule has 0 bridgehead atoms. The molecule has 1 amide bonds. The predicted octanol–water partition coefficient (Wildman–Crippen LogP) is 0.405. The number of ether oxygens (including phenoxy) is 1. The third-order valence-corrected chi connectivity index (χ3v) is 3.13. The second-order valence-electron chi connectivity index (χ2n) is 3.90. The van der Waals surface area contributed by atoms with Crippen LogP contribution in [0.1, 0.15) is 6.92 Å². The first kappa shape index (κ1) is 15.2. The van der Waals surface area contributed by atoms with Gasteiger partial charge in [0.2, 0.25) is 15.9 Å². The van der Waals surface area contributed by atoms with Crippen molar-refractivity contribution in [3.8, 4) is 5.75 Å². The van der Waals surface area contributed by atoms with Crippen LogP contribution in [-0.4, -0.2) is 27.5 Å². The van der Waals surface area contributed by atoms with E-state index in [1.54, 1.807) is 6.92 Å². The van der Waals surface area contributed by atoms with E-state index in [4.69, 9.17) is 9.88 Å². The summed E-state index contributed by atoms with van der Waals surface area (Å²) in [6, 6.07) is 5.72. The lowest BCUT2D eigenvalue weighted by molar-refractivity contribution is -0.117. The van der Waals surface area contributed by atoms with Crippen molar-refractivity contribution >= 4 is 15.9 Å². The number of benzene rings is 1. The number of primary sulfonamides is 1. The number of sulfonamides is 1. The Kier molecular flexibility index (Phi) is 5.08. The number of carbonyl (C=O) groups excluding carboxylic acids is 1. The van der Waals surface area contributed by atoms with E-state index in [9.17, 15) is 13.2 Å². The molecule has 0 aromatic heterocycles. The molecule has 19 heavy (non-hydrogen) atoms. The van der Waals surface area contributed by atoms with Crippen LogP contribution in [0.15, 0.2) is 41.3 Å². The monoisotopic (exact) mass is 284 g/mol. The summed E-state index contributed by atoms with van der Waals surface area (Å²) in [6.45, 7) is 5.72. The molecule has 0 heterocycles. The van der Waals surface area contributed by atoms with Crippen LogP contribution in [0.5, 0.6) is 5.75 Å². The highest BCUT2D eigenvalue weighted by Crippen LogP contribution is 2.14. The van der Waals surface area contributed by atoms with Crippen LogP contribution in [0, 0.1) is 0 Å². The van der Waals surface area contributed by atoms with Crippen molar-refractivity contribution in [2.45, 2.75) is 11.8 Å². The summed E-state index contributed by atoms with van der Waals surface area (Å²) in [4.78, 5) is 11.2. The molecule has 1 aromatic carbocycles. The molecule has 6 nitrogen and oxygen atoms in total. The van der Waals surface area contributed by atoms with Crippen LogP contribution in [-0.2, 0) is 14.8 Å². The lowest BCUT2D eigenvalue weighted by Gasteiger charge is -2.08. The summed E-state index contributed by atoms with van der Waals surface area (Å²) in [5.41, 5.74) is 0.428. The van der Waals surface area contributed by atoms with E-state index in [1.807, 2.05) is 0 Å². The zero-order chi connectivity index (χ0) is 14.5. The lowest BCUT2D eigenvalue weighted by atomic mass is 10.3. The van der Waals surface area contributed by atoms with E-state index >= 15 is 0 Å². The molecule has 0 atom stereocenters. The number of carbonyl (C=O) groups is 1. The van der Waals surface area contributed by atoms with E-state index in [1.165, 1.54) is 24.3 Å². The molecule has 0 aliphatic carbocycles. The standard InChI is InChI=1S/C12H16N2O4S/c1-9(2)12(15)14-7-8-18-10-3-5-11(6-4-10)19(13,16)17/h3-6H,1,7-8H2,2H3,(H,14,15)(H2,13,16,17). The second kappa shape index (κ2) is 6.35. The van der Waals surface area contributed by atoms with Crippen molar-refractivity contribution in [2.24, 2.45) is 5.14 Å². The number of hydrogen-bond acceptors (Lipinski definition) is 4. The SMILES string of the molecule is C=C(C)C(=O)NCCOc1ccc(S(N)(=O)=O)cc1. The number of hydrogen-bond donors (Lipinski definition) is 2. The maximum Gasteiger partial charge on any atom is 0.246 e. The molecular formula is C12H16N2O4S. The van der Waals surface area contributed by atoms with Gasteiger partial charge in [-0.05, 0) is 31.2 Å². The van der Waals surface area contributed by atoms with Gasteiger partial charge >= 0.3 is 0 Å². The molecule has 3 N–H and O–H groups in total. The van der Waals surface area contributed by atoms with Gasteiger partial charge < -0.3 is 10.1 Å². The van der Waals surface area contributed by atoms with Crippen molar-refractivity contribution in [3.63, 3.8) is 0 Å². The Morgan fingerprint density at radius 3 is 2.42 bits per heavy atom. The highest BCUT2D eigenvalue weighted by Gasteiger charge is 2.07. The van der Waals surface area contributed by atoms with Gasteiger partial charge in [0, 0.05) is 5.57 Å². The number of rotatable bonds is 6. The minimum atomic E-state index is -3.69. The van der Waals surface area contributed by atoms with Crippen LogP contribution in [0.2, 0.25) is 0 Å². The van der Waals surface area contributed by atoms with E-state index < -0.39 is 10.0 Å². The van der Waals surface area contributed by atoms with Gasteiger partial charge in [-0.25, -0.2) is 13.6 Å². The summed E-state index contributed by atoms with van der Waals surface area (Å²) >= 11 is 0. The molecule has 7 heteroatoms. The fourth-order valence-electron chi connectivity index (χ4n) is 1.21. The molecule has 0 radical (unpaired) electrons. The van der Waals surface area contributed by atoms with E-state index in [-0.39, 0.29) is 17.4 Å². The number of amides is 1. The van der Waals surface area contributed by atoms with Gasteiger partial charge in [0.25, 0.3) is 0 Å². The third kappa shape index (κ3) is 5.11. The zero-order valence-electron chi connectivity index (χ0n) is 10.5. The first-order valence-corrected chi connectivity index (χ1v) is 7.04. The molecule has 104 valence electrons. The summed E-state index contributed by atoms with van der Waals surface area (Å²) in [6.07, 6.45) is 0. The Morgan fingerprint density at radius 2 is 1.95 bits per heavy atom. The van der Waals surface area contributed by atoms with E-state index in [0.717, 1.165) is 0 Å². The minimum absolute atomic E-state index is 0.0236. The first-order chi connectivity index (χ1) is 8.80. The summed E-state index contributed by atoms with van der Waals surface area (Å²) in [7, 11) is -3.69. The third-order valence-electron chi connectivity index (χ3n) is 2.20. The Balaban J connectivity index is 2.43. The molecule has 0 spiro atoms. The molecular weight excluding hydrogens is 268 g/mol. The Morgan fingerprint density at radius 1 is 1.37 bits per heavy atom. The van der Waals surface area contributed by atoms with Gasteiger partial charge in [-0.1, -0.05) is 6.58 Å². The summed E-state index contributed by atoms with van der Waals surface area (Å²) in [5.74, 6) is 0.269. The molecule has 0 aliphatic rings. The average molecular weight is 284 g/mol. The van der Waals surface area contributed by atoms with Gasteiger partial charge in [0.1, 0.15) is 12.4 Å². The summed E-state index contributed by atoms with van der Waals surface area (Å²) in [5, 5.41) is 7.57. The van der Waals surface area contributed by atoms with Gasteiger partial charge in [0.05, 0.1) is 11.4 Å². The van der Waals surface area contributed by atoms with Crippen molar-refractivity contribution in [1.29, 1.82) is 0 Å². The average Bonchev–Trinajstić information content (AvgIpc) is 2.33. The van der Waals surface area contributed by atoms with Crippen LogP contribution in [0.4, 0.5) is 0 Å². The van der Waals surface area contributed by atoms with Gasteiger partial charge in [0.15, 0.2) is 0 Å². The number of nitrogens with one attached hydrogen (secondary N) is 1. The maximum atomic E-state index is 11.2. The van der Waals surface area contributed by atoms with E-state index in [2.05, 4.69) is 11.9 Å². The Bertz CT molecular complexity index is 564. The molecule has 0 aliphatic heterocycles. The van der Waals surface area contributed by atoms with Crippen LogP contribution in [0.25, 0.3) is 0 Å². The first-order valence-electron chi connectivity index (χ1n) is 5.50. The molecule has 1 rings (SSSR count). The Hall–Kier alpha value is -1.86. The van der Waals surface area contributed by atoms with Crippen LogP contribution >= 0.6 is 0 Å². The fraction of sp³-hybridized carbons (Fsp3) is 0.250. The quantitative estimate of drug-likeness (QED) is 0.583. The summed E-state index contributed by atoms with van der Waals surface area (Å²) < 4.78 is 27.4. The second-order valence-corrected chi connectivity index (χ2v) is 5.46. The molecule has 0 unspecified atom stereocenters. The smallest absolute Gasteiger partial charge is 0.246 e. The van der Waals surface area contributed by atoms with E-state index in [0.29, 0.717) is 17.9 Å². The normalized spacial score (nSPS) is 10.8. The van der Waals surface area contributed by atoms with Crippen LogP contribution in [0.3, 0.4) is 0 Å². The molecule has 0 fully saturated rings. The van der Waals surface area contributed by atoms with Crippen molar-refractivity contribution in [3.05, 3.63) is 36.4 Å². The van der Waals surface area contributed by atoms with Crippen molar-refractivity contribution in [2.75, 3.05) is 13.2 Å². The van der Waals surface area contributed by atoms with Gasteiger partial charge in [-0.2, -0.15) is 0 Å². The van der Waals surface area contributed by atoms with Gasteiger partial charge in [-0.3, -0.25) is 4.79 Å². The number of nitrogens with two attached hydrogens (primary N) is 1. The molecule has 0 saturated carbocycles. The highest BCUT2D eigenvalue weighted by molar-refractivity contribution is 7.89. The minimum Gasteiger partial charge on any atom is -0.492 e. The largest absolute Gasteiger partial charge is 0.492 e.